The van der Waals surface area contributed by atoms with Crippen LogP contribution in [0.1, 0.15) is 59.3 Å². The Labute approximate surface area is 111 Å². The van der Waals surface area contributed by atoms with Crippen molar-refractivity contribution in [2.75, 3.05) is 0 Å². The first-order valence-electron chi connectivity index (χ1n) is 7.43. The Hall–Kier alpha value is -0.570. The molecule has 0 radical (unpaired) electrons. The number of carbonyl (C=O) groups is 1. The summed E-state index contributed by atoms with van der Waals surface area (Å²) in [6, 6.07) is 0.699. The molecule has 0 aromatic rings. The molecule has 0 heterocycles. The number of hydrogen-bond acceptors (Lipinski definition) is 2. The summed E-state index contributed by atoms with van der Waals surface area (Å²) in [5, 5.41) is 3.27. The Balaban J connectivity index is 1.85. The Morgan fingerprint density at radius 1 is 1.28 bits per heavy atom. The van der Waals surface area contributed by atoms with Gasteiger partial charge in [0.15, 0.2) is 0 Å². The van der Waals surface area contributed by atoms with E-state index in [1.165, 1.54) is 6.42 Å². The minimum Gasteiger partial charge on any atom is -0.353 e. The lowest BCUT2D eigenvalue weighted by atomic mass is 9.77. The summed E-state index contributed by atoms with van der Waals surface area (Å²) in [6.07, 6.45) is 6.44. The van der Waals surface area contributed by atoms with Crippen LogP contribution in [0.4, 0.5) is 0 Å². The zero-order valence-electron chi connectivity index (χ0n) is 12.0. The van der Waals surface area contributed by atoms with E-state index in [0.29, 0.717) is 23.4 Å². The van der Waals surface area contributed by atoms with E-state index in [1.54, 1.807) is 0 Å². The van der Waals surface area contributed by atoms with Gasteiger partial charge in [0.25, 0.3) is 0 Å². The predicted octanol–water partition coefficient (Wildman–Crippen LogP) is 2.44. The third-order valence-electron chi connectivity index (χ3n) is 4.86. The molecule has 2 fully saturated rings. The summed E-state index contributed by atoms with van der Waals surface area (Å²) < 4.78 is 0. The molecule has 4 atom stereocenters. The van der Waals surface area contributed by atoms with Crippen molar-refractivity contribution < 1.29 is 4.79 Å². The molecule has 1 amide bonds. The van der Waals surface area contributed by atoms with Crippen LogP contribution < -0.4 is 11.1 Å². The number of amides is 1. The molecule has 2 saturated carbocycles. The molecule has 2 aliphatic rings. The number of hydrogen-bond donors (Lipinski definition) is 2. The van der Waals surface area contributed by atoms with E-state index in [4.69, 9.17) is 5.73 Å². The van der Waals surface area contributed by atoms with Gasteiger partial charge in [0.05, 0.1) is 0 Å². The van der Waals surface area contributed by atoms with E-state index in [0.717, 1.165) is 32.1 Å². The van der Waals surface area contributed by atoms with Crippen LogP contribution in [0.2, 0.25) is 0 Å². The first kappa shape index (κ1) is 13.9. The maximum Gasteiger partial charge on any atom is 0.223 e. The molecule has 2 rings (SSSR count). The highest BCUT2D eigenvalue weighted by molar-refractivity contribution is 5.79. The molecule has 3 heteroatoms. The molecule has 0 aliphatic heterocycles. The van der Waals surface area contributed by atoms with Gasteiger partial charge in [-0.15, -0.1) is 0 Å². The predicted molar refractivity (Wildman–Crippen MR) is 74.0 cm³/mol. The van der Waals surface area contributed by atoms with Crippen LogP contribution in [0.5, 0.6) is 0 Å². The van der Waals surface area contributed by atoms with Gasteiger partial charge < -0.3 is 11.1 Å². The average molecular weight is 252 g/mol. The second-order valence-electron chi connectivity index (χ2n) is 7.27. The van der Waals surface area contributed by atoms with Crippen LogP contribution in [0.15, 0.2) is 0 Å². The topological polar surface area (TPSA) is 55.1 Å². The zero-order chi connectivity index (χ0) is 13.3. The van der Waals surface area contributed by atoms with Gasteiger partial charge >= 0.3 is 0 Å². The normalized spacial score (nSPS) is 39.6. The molecule has 3 N–H and O–H groups in total. The number of nitrogens with two attached hydrogens (primary N) is 1. The van der Waals surface area contributed by atoms with Crippen molar-refractivity contribution in [3.63, 3.8) is 0 Å². The maximum absolute atomic E-state index is 12.3. The third-order valence-corrected chi connectivity index (χ3v) is 4.86. The molecule has 0 saturated heterocycles. The highest BCUT2D eigenvalue weighted by atomic mass is 16.2. The summed E-state index contributed by atoms with van der Waals surface area (Å²) >= 11 is 0. The first-order chi connectivity index (χ1) is 8.37. The molecule has 2 aliphatic carbocycles. The summed E-state index contributed by atoms with van der Waals surface area (Å²) in [5.74, 6) is 0.897. The lowest BCUT2D eigenvalue weighted by molar-refractivity contribution is -0.128. The lowest BCUT2D eigenvalue weighted by Crippen LogP contribution is -2.43. The fraction of sp³-hybridized carbons (Fsp3) is 0.933. The van der Waals surface area contributed by atoms with Crippen LogP contribution >= 0.6 is 0 Å². The quantitative estimate of drug-likeness (QED) is 0.793. The van der Waals surface area contributed by atoms with Crippen molar-refractivity contribution in [3.05, 3.63) is 0 Å². The van der Waals surface area contributed by atoms with Gasteiger partial charge in [-0.3, -0.25) is 4.79 Å². The van der Waals surface area contributed by atoms with Crippen molar-refractivity contribution in [2.45, 2.75) is 71.4 Å². The fourth-order valence-electron chi connectivity index (χ4n) is 3.69. The summed E-state index contributed by atoms with van der Waals surface area (Å²) in [5.41, 5.74) is 6.36. The standard InChI is InChI=1S/C15H28N2O/c1-10-8-11(16)4-5-13(10)14(18)17-12-6-7-15(2,3)9-12/h10-13H,4-9,16H2,1-3H3,(H,17,18). The van der Waals surface area contributed by atoms with Crippen molar-refractivity contribution in [1.29, 1.82) is 0 Å². The van der Waals surface area contributed by atoms with Gasteiger partial charge in [-0.2, -0.15) is 0 Å². The Bertz CT molecular complexity index is 314. The largest absolute Gasteiger partial charge is 0.353 e. The highest BCUT2D eigenvalue weighted by Gasteiger charge is 2.35. The van der Waals surface area contributed by atoms with E-state index >= 15 is 0 Å². The van der Waals surface area contributed by atoms with Crippen LogP contribution in [-0.2, 0) is 4.79 Å². The van der Waals surface area contributed by atoms with E-state index in [2.05, 4.69) is 26.1 Å². The van der Waals surface area contributed by atoms with E-state index < -0.39 is 0 Å². The second kappa shape index (κ2) is 5.20. The van der Waals surface area contributed by atoms with Gasteiger partial charge in [0.1, 0.15) is 0 Å². The fourth-order valence-corrected chi connectivity index (χ4v) is 3.69. The summed E-state index contributed by atoms with van der Waals surface area (Å²) in [6.45, 7) is 6.75. The molecule has 3 nitrogen and oxygen atoms in total. The van der Waals surface area contributed by atoms with Gasteiger partial charge in [-0.05, 0) is 49.9 Å². The SMILES string of the molecule is CC1CC(N)CCC1C(=O)NC1CCC(C)(C)C1. The second-order valence-corrected chi connectivity index (χ2v) is 7.27. The first-order valence-corrected chi connectivity index (χ1v) is 7.43. The number of nitrogens with one attached hydrogen (secondary N) is 1. The lowest BCUT2D eigenvalue weighted by Gasteiger charge is -2.32. The van der Waals surface area contributed by atoms with Crippen LogP contribution in [-0.4, -0.2) is 18.0 Å². The zero-order valence-corrected chi connectivity index (χ0v) is 12.0. The Kier molecular flexibility index (Phi) is 4.00. The average Bonchev–Trinajstić information content (AvgIpc) is 2.57. The van der Waals surface area contributed by atoms with Crippen LogP contribution in [0.25, 0.3) is 0 Å². The molecule has 18 heavy (non-hydrogen) atoms. The van der Waals surface area contributed by atoms with E-state index in [-0.39, 0.29) is 11.8 Å². The van der Waals surface area contributed by atoms with Crippen LogP contribution in [0, 0.1) is 17.3 Å². The molecular weight excluding hydrogens is 224 g/mol. The number of rotatable bonds is 2. The molecule has 0 spiro atoms. The molecule has 0 aromatic carbocycles. The maximum atomic E-state index is 12.3. The molecular formula is C15H28N2O. The summed E-state index contributed by atoms with van der Waals surface area (Å²) in [7, 11) is 0. The Morgan fingerprint density at radius 3 is 2.56 bits per heavy atom. The summed E-state index contributed by atoms with van der Waals surface area (Å²) in [4.78, 5) is 12.3. The molecule has 0 bridgehead atoms. The van der Waals surface area contributed by atoms with Crippen LogP contribution in [0.3, 0.4) is 0 Å². The van der Waals surface area contributed by atoms with Gasteiger partial charge in [-0.25, -0.2) is 0 Å². The van der Waals surface area contributed by atoms with E-state index in [9.17, 15) is 4.79 Å². The van der Waals surface area contributed by atoms with Crippen molar-refractivity contribution >= 4 is 5.91 Å². The number of carbonyl (C=O) groups excluding carboxylic acids is 1. The van der Waals surface area contributed by atoms with Gasteiger partial charge in [-0.1, -0.05) is 20.8 Å². The van der Waals surface area contributed by atoms with Gasteiger partial charge in [0, 0.05) is 18.0 Å². The third kappa shape index (κ3) is 3.25. The monoisotopic (exact) mass is 252 g/mol. The highest BCUT2D eigenvalue weighted by Crippen LogP contribution is 2.37. The van der Waals surface area contributed by atoms with Crippen molar-refractivity contribution in [3.8, 4) is 0 Å². The smallest absolute Gasteiger partial charge is 0.223 e. The van der Waals surface area contributed by atoms with Crippen molar-refractivity contribution in [2.24, 2.45) is 23.0 Å². The molecule has 4 unspecified atom stereocenters. The minimum absolute atomic E-state index is 0.188. The van der Waals surface area contributed by atoms with E-state index in [1.807, 2.05) is 0 Å². The van der Waals surface area contributed by atoms with Crippen molar-refractivity contribution in [1.82, 2.24) is 5.32 Å². The Morgan fingerprint density at radius 2 is 2.00 bits per heavy atom. The minimum atomic E-state index is 0.188. The molecule has 104 valence electrons. The van der Waals surface area contributed by atoms with Gasteiger partial charge in [0.2, 0.25) is 5.91 Å². The molecule has 0 aromatic heterocycles.